The molecule has 0 saturated heterocycles. The Labute approximate surface area is 197 Å². The molecule has 0 radical (unpaired) electrons. The summed E-state index contributed by atoms with van der Waals surface area (Å²) in [7, 11) is -1.05. The summed E-state index contributed by atoms with van der Waals surface area (Å²) < 4.78 is 50.4. The van der Waals surface area contributed by atoms with Gasteiger partial charge in [-0.1, -0.05) is 6.07 Å². The van der Waals surface area contributed by atoms with Gasteiger partial charge in [0.05, 0.1) is 18.4 Å². The number of nitrogens with one attached hydrogen (secondary N) is 2. The zero-order valence-corrected chi connectivity index (χ0v) is 19.8. The fraction of sp³-hybridized carbons (Fsp3) is 0.318. The molecular formula is C22H26FN3O7S. The number of ether oxygens (including phenoxy) is 2. The molecule has 10 nitrogen and oxygen atoms in total. The SMILES string of the molecule is COc1ccc(CN(C)C(=O)COC(=O)CCNS(=O)(=O)c2ccc(NC(C)=O)cc2)cc1F. The monoisotopic (exact) mass is 495 g/mol. The Kier molecular flexibility index (Phi) is 9.51. The third-order valence-corrected chi connectivity index (χ3v) is 6.00. The second kappa shape index (κ2) is 12.1. The van der Waals surface area contributed by atoms with Crippen molar-refractivity contribution in [2.45, 2.75) is 24.8 Å². The minimum atomic E-state index is -3.87. The number of esters is 1. The van der Waals surface area contributed by atoms with Crippen LogP contribution in [-0.2, 0) is 35.7 Å². The number of benzene rings is 2. The van der Waals surface area contributed by atoms with E-state index >= 15 is 0 Å². The summed E-state index contributed by atoms with van der Waals surface area (Å²) in [6.07, 6.45) is -0.288. The maximum Gasteiger partial charge on any atom is 0.307 e. The highest BCUT2D eigenvalue weighted by molar-refractivity contribution is 7.89. The minimum absolute atomic E-state index is 0.0401. The molecule has 0 heterocycles. The van der Waals surface area contributed by atoms with Crippen molar-refractivity contribution in [3.05, 3.63) is 53.8 Å². The Morgan fingerprint density at radius 1 is 1.09 bits per heavy atom. The van der Waals surface area contributed by atoms with E-state index in [1.165, 1.54) is 62.4 Å². The first kappa shape index (κ1) is 26.7. The van der Waals surface area contributed by atoms with Gasteiger partial charge in [-0.2, -0.15) is 0 Å². The Morgan fingerprint density at radius 3 is 2.35 bits per heavy atom. The Hall–Kier alpha value is -3.51. The molecule has 0 aliphatic rings. The predicted molar refractivity (Wildman–Crippen MR) is 121 cm³/mol. The standard InChI is InChI=1S/C22H26FN3O7S/c1-15(27)25-17-5-7-18(8-6-17)34(30,31)24-11-10-22(29)33-14-21(28)26(2)13-16-4-9-20(32-3)19(23)12-16/h4-9,12,24H,10-11,13-14H2,1-3H3,(H,25,27). The van der Waals surface area contributed by atoms with Gasteiger partial charge in [0.25, 0.3) is 5.91 Å². The molecule has 2 N–H and O–H groups in total. The molecule has 0 bridgehead atoms. The Morgan fingerprint density at radius 2 is 1.76 bits per heavy atom. The molecule has 0 saturated carbocycles. The maximum absolute atomic E-state index is 13.8. The molecule has 12 heteroatoms. The largest absolute Gasteiger partial charge is 0.494 e. The van der Waals surface area contributed by atoms with Crippen LogP contribution < -0.4 is 14.8 Å². The number of carbonyl (C=O) groups is 3. The van der Waals surface area contributed by atoms with Gasteiger partial charge in [-0.05, 0) is 42.0 Å². The maximum atomic E-state index is 13.8. The lowest BCUT2D eigenvalue weighted by Crippen LogP contribution is -2.31. The molecule has 0 atom stereocenters. The first-order valence-corrected chi connectivity index (χ1v) is 11.6. The number of hydrogen-bond donors (Lipinski definition) is 2. The van der Waals surface area contributed by atoms with Crippen molar-refractivity contribution >= 4 is 33.5 Å². The molecule has 2 amide bonds. The summed E-state index contributed by atoms with van der Waals surface area (Å²) in [5.74, 6) is -2.03. The van der Waals surface area contributed by atoms with Crippen molar-refractivity contribution in [3.8, 4) is 5.75 Å². The summed E-state index contributed by atoms with van der Waals surface area (Å²) in [4.78, 5) is 36.3. The van der Waals surface area contributed by atoms with E-state index in [-0.39, 0.29) is 36.1 Å². The van der Waals surface area contributed by atoms with Crippen LogP contribution in [0.4, 0.5) is 10.1 Å². The summed E-state index contributed by atoms with van der Waals surface area (Å²) in [6, 6.07) is 9.80. The Balaban J connectivity index is 1.76. The number of rotatable bonds is 11. The van der Waals surface area contributed by atoms with Crippen LogP contribution in [0.2, 0.25) is 0 Å². The average molecular weight is 496 g/mol. The highest BCUT2D eigenvalue weighted by Crippen LogP contribution is 2.18. The van der Waals surface area contributed by atoms with E-state index in [2.05, 4.69) is 10.0 Å². The van der Waals surface area contributed by atoms with Crippen molar-refractivity contribution < 1.29 is 36.7 Å². The lowest BCUT2D eigenvalue weighted by atomic mass is 10.2. The highest BCUT2D eigenvalue weighted by atomic mass is 32.2. The smallest absolute Gasteiger partial charge is 0.307 e. The van der Waals surface area contributed by atoms with E-state index < -0.39 is 34.3 Å². The molecular weight excluding hydrogens is 469 g/mol. The first-order valence-electron chi connectivity index (χ1n) is 10.1. The zero-order valence-electron chi connectivity index (χ0n) is 19.0. The molecule has 34 heavy (non-hydrogen) atoms. The van der Waals surface area contributed by atoms with E-state index in [9.17, 15) is 27.2 Å². The van der Waals surface area contributed by atoms with Crippen LogP contribution in [0.15, 0.2) is 47.4 Å². The second-order valence-corrected chi connectivity index (χ2v) is 9.00. The predicted octanol–water partition coefficient (Wildman–Crippen LogP) is 1.66. The molecule has 0 spiro atoms. The van der Waals surface area contributed by atoms with Gasteiger partial charge in [0.1, 0.15) is 0 Å². The number of likely N-dealkylation sites (N-methyl/N-ethyl adjacent to an activating group) is 1. The number of methoxy groups -OCH3 is 1. The van der Waals surface area contributed by atoms with Gasteiger partial charge in [0.15, 0.2) is 18.2 Å². The van der Waals surface area contributed by atoms with Crippen molar-refractivity contribution in [1.29, 1.82) is 0 Å². The summed E-state index contributed by atoms with van der Waals surface area (Å²) >= 11 is 0. The summed E-state index contributed by atoms with van der Waals surface area (Å²) in [6.45, 7) is 0.659. The number of amides is 2. The van der Waals surface area contributed by atoms with Crippen LogP contribution in [0.3, 0.4) is 0 Å². The van der Waals surface area contributed by atoms with Gasteiger partial charge in [-0.25, -0.2) is 17.5 Å². The molecule has 0 fully saturated rings. The van der Waals surface area contributed by atoms with Crippen LogP contribution in [0.1, 0.15) is 18.9 Å². The number of anilines is 1. The average Bonchev–Trinajstić information content (AvgIpc) is 2.77. The highest BCUT2D eigenvalue weighted by Gasteiger charge is 2.16. The van der Waals surface area contributed by atoms with Gasteiger partial charge in [0.2, 0.25) is 15.9 Å². The lowest BCUT2D eigenvalue weighted by Gasteiger charge is -2.17. The lowest BCUT2D eigenvalue weighted by molar-refractivity contribution is -0.151. The minimum Gasteiger partial charge on any atom is -0.494 e. The molecule has 0 aliphatic heterocycles. The van der Waals surface area contributed by atoms with Gasteiger partial charge in [0, 0.05) is 32.7 Å². The molecule has 0 aromatic heterocycles. The summed E-state index contributed by atoms with van der Waals surface area (Å²) in [5.41, 5.74) is 0.974. The normalized spacial score (nSPS) is 10.9. The van der Waals surface area contributed by atoms with Crippen molar-refractivity contribution in [2.24, 2.45) is 0 Å². The van der Waals surface area contributed by atoms with Crippen molar-refractivity contribution in [1.82, 2.24) is 9.62 Å². The summed E-state index contributed by atoms with van der Waals surface area (Å²) in [5, 5.41) is 2.52. The number of sulfonamides is 1. The molecule has 0 unspecified atom stereocenters. The fourth-order valence-electron chi connectivity index (χ4n) is 2.79. The topological polar surface area (TPSA) is 131 Å². The fourth-order valence-corrected chi connectivity index (χ4v) is 3.82. The first-order chi connectivity index (χ1) is 16.0. The van der Waals surface area contributed by atoms with E-state index in [1.54, 1.807) is 6.07 Å². The Bertz CT molecular complexity index is 1140. The van der Waals surface area contributed by atoms with Crippen molar-refractivity contribution in [2.75, 3.05) is 32.6 Å². The van der Waals surface area contributed by atoms with Crippen LogP contribution >= 0.6 is 0 Å². The van der Waals surface area contributed by atoms with E-state index in [1.807, 2.05) is 0 Å². The van der Waals surface area contributed by atoms with Gasteiger partial charge < -0.3 is 19.7 Å². The number of nitrogens with zero attached hydrogens (tertiary/aromatic N) is 1. The van der Waals surface area contributed by atoms with E-state index in [0.717, 1.165) is 0 Å². The zero-order chi connectivity index (χ0) is 25.3. The van der Waals surface area contributed by atoms with Crippen LogP contribution in [0, 0.1) is 5.82 Å². The van der Waals surface area contributed by atoms with Crippen LogP contribution in [0.25, 0.3) is 0 Å². The third kappa shape index (κ3) is 8.12. The van der Waals surface area contributed by atoms with Crippen molar-refractivity contribution in [3.63, 3.8) is 0 Å². The van der Waals surface area contributed by atoms with E-state index in [0.29, 0.717) is 11.3 Å². The number of halogens is 1. The van der Waals surface area contributed by atoms with Gasteiger partial charge in [-0.15, -0.1) is 0 Å². The van der Waals surface area contributed by atoms with Gasteiger partial charge >= 0.3 is 5.97 Å². The quantitative estimate of drug-likeness (QED) is 0.453. The third-order valence-electron chi connectivity index (χ3n) is 4.52. The molecule has 0 aliphatic carbocycles. The van der Waals surface area contributed by atoms with E-state index in [4.69, 9.17) is 9.47 Å². The number of carbonyl (C=O) groups excluding carboxylic acids is 3. The molecule has 2 aromatic carbocycles. The van der Waals surface area contributed by atoms with Gasteiger partial charge in [-0.3, -0.25) is 14.4 Å². The number of hydrogen-bond acceptors (Lipinski definition) is 7. The molecule has 2 aromatic rings. The molecule has 2 rings (SSSR count). The molecule has 184 valence electrons. The second-order valence-electron chi connectivity index (χ2n) is 7.23. The van der Waals surface area contributed by atoms with Crippen LogP contribution in [-0.4, -0.2) is 58.4 Å². The van der Waals surface area contributed by atoms with Crippen LogP contribution in [0.5, 0.6) is 5.75 Å².